The first-order chi connectivity index (χ1) is 12.1. The third-order valence-corrected chi connectivity index (χ3v) is 3.24. The molecule has 0 bridgehead atoms. The van der Waals surface area contributed by atoms with E-state index >= 15 is 0 Å². The second-order valence-electron chi connectivity index (χ2n) is 5.48. The Balaban J connectivity index is 1.60. The number of nitrogens with one attached hydrogen (secondary N) is 2. The fourth-order valence-electron chi connectivity index (χ4n) is 2.02. The Morgan fingerprint density at radius 3 is 1.84 bits per heavy atom. The number of rotatable bonds is 9. The standard InChI is InChI=1S/C19H22N2O4/c1-15(21-19(23)14-25-17-10-6-3-7-11-17)12-20-18(22)13-24-16-8-4-2-5-9-16/h2-11,15H,12-14H2,1H3,(H,20,22)(H,21,23). The van der Waals surface area contributed by atoms with Crippen molar-refractivity contribution in [3.05, 3.63) is 60.7 Å². The summed E-state index contributed by atoms with van der Waals surface area (Å²) >= 11 is 0. The lowest BCUT2D eigenvalue weighted by Gasteiger charge is -2.15. The summed E-state index contributed by atoms with van der Waals surface area (Å²) in [5.74, 6) is 0.783. The molecule has 0 heterocycles. The van der Waals surface area contributed by atoms with Crippen LogP contribution in [0.2, 0.25) is 0 Å². The van der Waals surface area contributed by atoms with E-state index in [1.54, 1.807) is 31.2 Å². The predicted octanol–water partition coefficient (Wildman–Crippen LogP) is 1.77. The van der Waals surface area contributed by atoms with Crippen molar-refractivity contribution in [2.45, 2.75) is 13.0 Å². The lowest BCUT2D eigenvalue weighted by atomic mass is 10.3. The van der Waals surface area contributed by atoms with Gasteiger partial charge in [0.1, 0.15) is 11.5 Å². The first-order valence-electron chi connectivity index (χ1n) is 8.05. The van der Waals surface area contributed by atoms with Crippen LogP contribution >= 0.6 is 0 Å². The number of hydrogen-bond donors (Lipinski definition) is 2. The van der Waals surface area contributed by atoms with E-state index in [1.165, 1.54) is 0 Å². The van der Waals surface area contributed by atoms with Gasteiger partial charge in [0.25, 0.3) is 11.8 Å². The number of carbonyl (C=O) groups is 2. The monoisotopic (exact) mass is 342 g/mol. The summed E-state index contributed by atoms with van der Waals surface area (Å²) in [5, 5.41) is 5.47. The molecule has 0 aliphatic carbocycles. The van der Waals surface area contributed by atoms with E-state index in [9.17, 15) is 9.59 Å². The van der Waals surface area contributed by atoms with Crippen LogP contribution in [-0.4, -0.2) is 37.6 Å². The molecule has 132 valence electrons. The van der Waals surface area contributed by atoms with Crippen LogP contribution < -0.4 is 20.1 Å². The van der Waals surface area contributed by atoms with Gasteiger partial charge in [-0.05, 0) is 31.2 Å². The van der Waals surface area contributed by atoms with E-state index in [0.29, 0.717) is 18.0 Å². The van der Waals surface area contributed by atoms with Gasteiger partial charge in [-0.25, -0.2) is 0 Å². The molecular formula is C19H22N2O4. The number of carbonyl (C=O) groups excluding carboxylic acids is 2. The molecule has 0 aliphatic heterocycles. The molecule has 6 nitrogen and oxygen atoms in total. The molecule has 1 atom stereocenters. The highest BCUT2D eigenvalue weighted by atomic mass is 16.5. The summed E-state index contributed by atoms with van der Waals surface area (Å²) in [6.07, 6.45) is 0. The highest BCUT2D eigenvalue weighted by Gasteiger charge is 2.10. The molecule has 0 saturated carbocycles. The molecule has 0 aliphatic rings. The number of ether oxygens (including phenoxy) is 2. The average molecular weight is 342 g/mol. The quantitative estimate of drug-likeness (QED) is 0.728. The lowest BCUT2D eigenvalue weighted by molar-refractivity contribution is -0.125. The third-order valence-electron chi connectivity index (χ3n) is 3.24. The minimum Gasteiger partial charge on any atom is -0.484 e. The minimum atomic E-state index is -0.245. The fraction of sp³-hybridized carbons (Fsp3) is 0.263. The number of para-hydroxylation sites is 2. The van der Waals surface area contributed by atoms with Gasteiger partial charge in [0, 0.05) is 12.6 Å². The Morgan fingerprint density at radius 1 is 0.840 bits per heavy atom. The molecule has 25 heavy (non-hydrogen) atoms. The summed E-state index contributed by atoms with van der Waals surface area (Å²) in [7, 11) is 0. The summed E-state index contributed by atoms with van der Waals surface area (Å²) in [6, 6.07) is 18.0. The van der Waals surface area contributed by atoms with Gasteiger partial charge in [0.05, 0.1) is 0 Å². The zero-order chi connectivity index (χ0) is 17.9. The first kappa shape index (κ1) is 18.3. The van der Waals surface area contributed by atoms with E-state index < -0.39 is 0 Å². The summed E-state index contributed by atoms with van der Waals surface area (Å²) < 4.78 is 10.7. The van der Waals surface area contributed by atoms with Crippen molar-refractivity contribution in [3.8, 4) is 11.5 Å². The van der Waals surface area contributed by atoms with Crippen LogP contribution in [0, 0.1) is 0 Å². The van der Waals surface area contributed by atoms with Gasteiger partial charge in [0.2, 0.25) is 0 Å². The lowest BCUT2D eigenvalue weighted by Crippen LogP contribution is -2.44. The third kappa shape index (κ3) is 7.39. The maximum atomic E-state index is 11.8. The molecule has 2 N–H and O–H groups in total. The summed E-state index contributed by atoms with van der Waals surface area (Å²) in [5.41, 5.74) is 0. The Hall–Kier alpha value is -3.02. The minimum absolute atomic E-state index is 0.0677. The maximum Gasteiger partial charge on any atom is 0.258 e. The van der Waals surface area contributed by atoms with Gasteiger partial charge in [-0.2, -0.15) is 0 Å². The summed E-state index contributed by atoms with van der Waals surface area (Å²) in [6.45, 7) is 1.98. The highest BCUT2D eigenvalue weighted by Crippen LogP contribution is 2.08. The summed E-state index contributed by atoms with van der Waals surface area (Å²) in [4.78, 5) is 23.6. The van der Waals surface area contributed by atoms with E-state index in [2.05, 4.69) is 10.6 Å². The Bertz CT molecular complexity index is 662. The predicted molar refractivity (Wildman–Crippen MR) is 94.5 cm³/mol. The largest absolute Gasteiger partial charge is 0.484 e. The number of benzene rings is 2. The number of hydrogen-bond acceptors (Lipinski definition) is 4. The second-order valence-corrected chi connectivity index (χ2v) is 5.48. The van der Waals surface area contributed by atoms with Crippen LogP contribution in [0.1, 0.15) is 6.92 Å². The van der Waals surface area contributed by atoms with Crippen LogP contribution in [0.4, 0.5) is 0 Å². The molecule has 1 unspecified atom stereocenters. The van der Waals surface area contributed by atoms with Crippen molar-refractivity contribution in [2.75, 3.05) is 19.8 Å². The van der Waals surface area contributed by atoms with E-state index in [0.717, 1.165) is 0 Å². The fourth-order valence-corrected chi connectivity index (χ4v) is 2.02. The molecule has 0 spiro atoms. The van der Waals surface area contributed by atoms with E-state index in [4.69, 9.17) is 9.47 Å². The van der Waals surface area contributed by atoms with E-state index in [-0.39, 0.29) is 31.1 Å². The van der Waals surface area contributed by atoms with Gasteiger partial charge in [0.15, 0.2) is 13.2 Å². The topological polar surface area (TPSA) is 76.7 Å². The molecule has 2 aromatic rings. The molecule has 2 rings (SSSR count). The first-order valence-corrected chi connectivity index (χ1v) is 8.05. The molecule has 2 aromatic carbocycles. The van der Waals surface area contributed by atoms with Gasteiger partial charge in [-0.1, -0.05) is 36.4 Å². The van der Waals surface area contributed by atoms with Crippen molar-refractivity contribution in [1.82, 2.24) is 10.6 Å². The van der Waals surface area contributed by atoms with Crippen molar-refractivity contribution in [1.29, 1.82) is 0 Å². The molecular weight excluding hydrogens is 320 g/mol. The Morgan fingerprint density at radius 2 is 1.32 bits per heavy atom. The van der Waals surface area contributed by atoms with Crippen molar-refractivity contribution >= 4 is 11.8 Å². The zero-order valence-corrected chi connectivity index (χ0v) is 14.1. The van der Waals surface area contributed by atoms with Gasteiger partial charge in [-0.15, -0.1) is 0 Å². The molecule has 0 saturated heterocycles. The SMILES string of the molecule is CC(CNC(=O)COc1ccccc1)NC(=O)COc1ccccc1. The molecule has 6 heteroatoms. The van der Waals surface area contributed by atoms with Crippen LogP contribution in [0.25, 0.3) is 0 Å². The molecule has 0 radical (unpaired) electrons. The van der Waals surface area contributed by atoms with E-state index in [1.807, 2.05) is 36.4 Å². The maximum absolute atomic E-state index is 11.8. The number of amides is 2. The van der Waals surface area contributed by atoms with Crippen molar-refractivity contribution in [2.24, 2.45) is 0 Å². The second kappa shape index (κ2) is 9.97. The molecule has 0 aromatic heterocycles. The average Bonchev–Trinajstić information content (AvgIpc) is 2.65. The van der Waals surface area contributed by atoms with Crippen molar-refractivity contribution in [3.63, 3.8) is 0 Å². The smallest absolute Gasteiger partial charge is 0.258 e. The van der Waals surface area contributed by atoms with Crippen molar-refractivity contribution < 1.29 is 19.1 Å². The normalized spacial score (nSPS) is 11.2. The van der Waals surface area contributed by atoms with Gasteiger partial charge < -0.3 is 20.1 Å². The Labute approximate surface area is 147 Å². The van der Waals surface area contributed by atoms with Gasteiger partial charge >= 0.3 is 0 Å². The Kier molecular flexibility index (Phi) is 7.31. The van der Waals surface area contributed by atoms with Gasteiger partial charge in [-0.3, -0.25) is 9.59 Å². The zero-order valence-electron chi connectivity index (χ0n) is 14.1. The molecule has 0 fully saturated rings. The molecule has 2 amide bonds. The highest BCUT2D eigenvalue weighted by molar-refractivity contribution is 5.79. The van der Waals surface area contributed by atoms with Crippen LogP contribution in [-0.2, 0) is 9.59 Å². The van der Waals surface area contributed by atoms with Crippen LogP contribution in [0.5, 0.6) is 11.5 Å². The van der Waals surface area contributed by atoms with Crippen LogP contribution in [0.15, 0.2) is 60.7 Å². The van der Waals surface area contributed by atoms with Crippen LogP contribution in [0.3, 0.4) is 0 Å².